The van der Waals surface area contributed by atoms with E-state index in [0.29, 0.717) is 16.7 Å². The van der Waals surface area contributed by atoms with Gasteiger partial charge in [-0.05, 0) is 47.6 Å². The van der Waals surface area contributed by atoms with Crippen molar-refractivity contribution in [2.24, 2.45) is 10.7 Å². The summed E-state index contributed by atoms with van der Waals surface area (Å²) in [7, 11) is 1.57. The maximum absolute atomic E-state index is 13.2. The van der Waals surface area contributed by atoms with Gasteiger partial charge in [0, 0.05) is 7.05 Å². The molecule has 1 heterocycles. The second kappa shape index (κ2) is 6.33. The smallest absolute Gasteiger partial charge is 0.387 e. The Morgan fingerprint density at radius 1 is 1.19 bits per heavy atom. The highest BCUT2D eigenvalue weighted by Gasteiger charge is 2.50. The van der Waals surface area contributed by atoms with E-state index in [1.807, 2.05) is 30.3 Å². The van der Waals surface area contributed by atoms with Crippen molar-refractivity contribution < 1.29 is 18.3 Å². The summed E-state index contributed by atoms with van der Waals surface area (Å²) in [6.07, 6.45) is 1.81. The molecule has 0 radical (unpaired) electrons. The topological polar surface area (TPSA) is 67.9 Å². The molecule has 1 atom stereocenters. The molecular formula is C20H19F2N3O2. The first-order valence-electron chi connectivity index (χ1n) is 8.71. The van der Waals surface area contributed by atoms with Gasteiger partial charge in [-0.25, -0.2) is 4.99 Å². The number of likely N-dealkylation sites (N-methyl/N-ethyl adjacent to an activating group) is 1. The number of guanidine groups is 1. The van der Waals surface area contributed by atoms with Crippen LogP contribution in [0.4, 0.5) is 8.78 Å². The summed E-state index contributed by atoms with van der Waals surface area (Å²) in [5.74, 6) is 0.137. The number of carbonyl (C=O) groups is 1. The molecule has 7 heteroatoms. The number of alkyl halides is 2. The number of aliphatic imine (C=N–C) groups is 1. The van der Waals surface area contributed by atoms with Gasteiger partial charge in [0.1, 0.15) is 5.75 Å². The van der Waals surface area contributed by atoms with E-state index in [1.54, 1.807) is 19.2 Å². The lowest BCUT2D eigenvalue weighted by molar-refractivity contribution is -0.129. The highest BCUT2D eigenvalue weighted by atomic mass is 19.3. The second-order valence-corrected chi connectivity index (χ2v) is 6.82. The quantitative estimate of drug-likeness (QED) is 0.878. The normalized spacial score (nSPS) is 22.3. The zero-order valence-corrected chi connectivity index (χ0v) is 14.7. The fourth-order valence-corrected chi connectivity index (χ4v) is 3.55. The molecule has 27 heavy (non-hydrogen) atoms. The van der Waals surface area contributed by atoms with Crippen LogP contribution in [-0.2, 0) is 10.3 Å². The Hall–Kier alpha value is -2.96. The summed E-state index contributed by atoms with van der Waals surface area (Å²) >= 11 is 0. The number of nitrogens with zero attached hydrogens (tertiary/aromatic N) is 2. The molecule has 5 nitrogen and oxygen atoms in total. The van der Waals surface area contributed by atoms with Crippen LogP contribution < -0.4 is 10.5 Å². The van der Waals surface area contributed by atoms with Crippen LogP contribution in [0.25, 0.3) is 0 Å². The van der Waals surface area contributed by atoms with Gasteiger partial charge in [0.15, 0.2) is 11.5 Å². The molecule has 0 spiro atoms. The van der Waals surface area contributed by atoms with Gasteiger partial charge in [-0.3, -0.25) is 9.69 Å². The average molecular weight is 371 g/mol. The van der Waals surface area contributed by atoms with Crippen molar-refractivity contribution in [2.75, 3.05) is 7.05 Å². The van der Waals surface area contributed by atoms with Gasteiger partial charge in [0.2, 0.25) is 0 Å². The number of amides is 1. The lowest BCUT2D eigenvalue weighted by atomic mass is 9.81. The fourth-order valence-electron chi connectivity index (χ4n) is 3.55. The van der Waals surface area contributed by atoms with Crippen LogP contribution in [0.2, 0.25) is 0 Å². The minimum atomic E-state index is -2.90. The molecule has 1 amide bonds. The Morgan fingerprint density at radius 3 is 2.44 bits per heavy atom. The van der Waals surface area contributed by atoms with Gasteiger partial charge >= 0.3 is 6.61 Å². The first kappa shape index (κ1) is 17.5. The Labute approximate surface area is 155 Å². The first-order valence-corrected chi connectivity index (χ1v) is 8.71. The zero-order valence-electron chi connectivity index (χ0n) is 14.7. The van der Waals surface area contributed by atoms with Gasteiger partial charge < -0.3 is 10.5 Å². The van der Waals surface area contributed by atoms with Crippen LogP contribution in [0.3, 0.4) is 0 Å². The third kappa shape index (κ3) is 2.83. The maximum atomic E-state index is 13.2. The number of carbonyl (C=O) groups excluding carboxylic acids is 1. The number of rotatable bonds is 5. The molecule has 1 aliphatic heterocycles. The third-order valence-corrected chi connectivity index (χ3v) is 5.09. The molecule has 0 saturated heterocycles. The van der Waals surface area contributed by atoms with Crippen molar-refractivity contribution in [2.45, 2.75) is 30.9 Å². The molecule has 0 bridgehead atoms. The monoisotopic (exact) mass is 371 g/mol. The van der Waals surface area contributed by atoms with Crippen molar-refractivity contribution >= 4 is 11.9 Å². The molecule has 140 valence electrons. The summed E-state index contributed by atoms with van der Waals surface area (Å²) in [5, 5.41) is 0. The van der Waals surface area contributed by atoms with Crippen molar-refractivity contribution in [1.82, 2.24) is 4.90 Å². The van der Waals surface area contributed by atoms with Crippen LogP contribution in [0.15, 0.2) is 53.5 Å². The molecule has 4 rings (SSSR count). The standard InChI is InChI=1S/C20H19F2N3O2/c1-25-17(26)20(24-19(25)23,13-5-3-2-4-6-13)14-9-10-16(27-18(21)22)15(11-14)12-7-8-12/h2-6,9-12,18H,7-8H2,1H3,(H2,23,24). The van der Waals surface area contributed by atoms with Crippen LogP contribution >= 0.6 is 0 Å². The van der Waals surface area contributed by atoms with Crippen molar-refractivity contribution in [1.29, 1.82) is 0 Å². The lowest BCUT2D eigenvalue weighted by Gasteiger charge is -2.27. The third-order valence-electron chi connectivity index (χ3n) is 5.09. The Bertz CT molecular complexity index is 913. The van der Waals surface area contributed by atoms with Gasteiger partial charge in [-0.2, -0.15) is 8.78 Å². The van der Waals surface area contributed by atoms with Gasteiger partial charge in [0.25, 0.3) is 5.91 Å². The van der Waals surface area contributed by atoms with Crippen LogP contribution in [-0.4, -0.2) is 30.4 Å². The minimum absolute atomic E-state index is 0.115. The van der Waals surface area contributed by atoms with E-state index >= 15 is 0 Å². The Morgan fingerprint density at radius 2 is 1.89 bits per heavy atom. The molecule has 1 saturated carbocycles. The van der Waals surface area contributed by atoms with Crippen LogP contribution in [0, 0.1) is 0 Å². The highest BCUT2D eigenvalue weighted by Crippen LogP contribution is 2.47. The Kier molecular flexibility index (Phi) is 4.09. The van der Waals surface area contributed by atoms with E-state index in [1.165, 1.54) is 11.0 Å². The van der Waals surface area contributed by atoms with Crippen LogP contribution in [0.1, 0.15) is 35.4 Å². The van der Waals surface area contributed by atoms with Gasteiger partial charge in [0.05, 0.1) is 0 Å². The van der Waals surface area contributed by atoms with E-state index in [2.05, 4.69) is 9.73 Å². The summed E-state index contributed by atoms with van der Waals surface area (Å²) in [6.45, 7) is -2.90. The SMILES string of the molecule is CN1C(=O)C(c2ccccc2)(c2ccc(OC(F)F)c(C3CC3)c2)N=C1N. The molecule has 2 N–H and O–H groups in total. The Balaban J connectivity index is 1.90. The largest absolute Gasteiger partial charge is 0.435 e. The van der Waals surface area contributed by atoms with Gasteiger partial charge in [-0.15, -0.1) is 0 Å². The van der Waals surface area contributed by atoms with E-state index in [-0.39, 0.29) is 23.5 Å². The predicted molar refractivity (Wildman–Crippen MR) is 96.7 cm³/mol. The molecule has 1 unspecified atom stereocenters. The van der Waals surface area contributed by atoms with Crippen molar-refractivity contribution in [3.63, 3.8) is 0 Å². The van der Waals surface area contributed by atoms with E-state index in [9.17, 15) is 13.6 Å². The molecule has 2 aliphatic rings. The van der Waals surface area contributed by atoms with Gasteiger partial charge in [-0.1, -0.05) is 36.4 Å². The molecule has 0 aromatic heterocycles. The van der Waals surface area contributed by atoms with Crippen molar-refractivity contribution in [3.05, 3.63) is 65.2 Å². The number of ether oxygens (including phenoxy) is 1. The minimum Gasteiger partial charge on any atom is -0.435 e. The average Bonchev–Trinajstić information content (AvgIpc) is 3.47. The molecule has 2 aromatic carbocycles. The van der Waals surface area contributed by atoms with Crippen LogP contribution in [0.5, 0.6) is 5.75 Å². The summed E-state index contributed by atoms with van der Waals surface area (Å²) < 4.78 is 30.2. The summed E-state index contributed by atoms with van der Waals surface area (Å²) in [4.78, 5) is 19.0. The number of hydrogen-bond donors (Lipinski definition) is 1. The number of benzene rings is 2. The number of nitrogens with two attached hydrogens (primary N) is 1. The predicted octanol–water partition coefficient (Wildman–Crippen LogP) is 3.20. The molecule has 1 fully saturated rings. The molecule has 1 aliphatic carbocycles. The highest BCUT2D eigenvalue weighted by molar-refractivity contribution is 6.08. The summed E-state index contributed by atoms with van der Waals surface area (Å²) in [5.41, 5.74) is 6.57. The number of halogens is 2. The first-order chi connectivity index (χ1) is 12.9. The molecule has 2 aromatic rings. The maximum Gasteiger partial charge on any atom is 0.387 e. The van der Waals surface area contributed by atoms with E-state index in [4.69, 9.17) is 5.73 Å². The summed E-state index contributed by atoms with van der Waals surface area (Å²) in [6, 6.07) is 14.0. The van der Waals surface area contributed by atoms with Crippen molar-refractivity contribution in [3.8, 4) is 5.75 Å². The van der Waals surface area contributed by atoms with E-state index in [0.717, 1.165) is 12.8 Å². The molecular weight excluding hydrogens is 352 g/mol. The van der Waals surface area contributed by atoms with E-state index < -0.39 is 12.2 Å². The fraction of sp³-hybridized carbons (Fsp3) is 0.300. The lowest BCUT2D eigenvalue weighted by Crippen LogP contribution is -2.41. The number of hydrogen-bond acceptors (Lipinski definition) is 4. The zero-order chi connectivity index (χ0) is 19.2. The second-order valence-electron chi connectivity index (χ2n) is 6.82.